The summed E-state index contributed by atoms with van der Waals surface area (Å²) in [7, 11) is 0. The number of unbranched alkanes of at least 4 members (excludes halogenated alkanes) is 8. The van der Waals surface area contributed by atoms with Crippen LogP contribution in [0.3, 0.4) is 0 Å². The van der Waals surface area contributed by atoms with Crippen molar-refractivity contribution < 1.29 is 19.7 Å². The van der Waals surface area contributed by atoms with E-state index in [1.807, 2.05) is 0 Å². The first kappa shape index (κ1) is 23.1. The van der Waals surface area contributed by atoms with Crippen LogP contribution in [0, 0.1) is 0 Å². The first-order valence-electron chi connectivity index (χ1n) is 9.70. The fraction of sp³-hybridized carbons (Fsp3) is 0.850. The molecule has 0 fully saturated rings. The van der Waals surface area contributed by atoms with Crippen molar-refractivity contribution in [2.24, 2.45) is 0 Å². The quantitative estimate of drug-likeness (QED) is 0.246. The minimum absolute atomic E-state index is 0.0294. The maximum absolute atomic E-state index is 10.6. The molecule has 2 unspecified atom stereocenters. The van der Waals surface area contributed by atoms with Crippen LogP contribution in [-0.4, -0.2) is 35.0 Å². The van der Waals surface area contributed by atoms with Crippen LogP contribution < -0.4 is 0 Å². The molecule has 2 N–H and O–H groups in total. The van der Waals surface area contributed by atoms with Gasteiger partial charge in [0.25, 0.3) is 0 Å². The summed E-state index contributed by atoms with van der Waals surface area (Å²) in [6, 6.07) is 0. The van der Waals surface area contributed by atoms with E-state index < -0.39 is 18.2 Å². The van der Waals surface area contributed by atoms with Gasteiger partial charge in [0.05, 0.1) is 12.2 Å². The summed E-state index contributed by atoms with van der Waals surface area (Å²) in [5.41, 5.74) is 0. The number of aliphatic hydroxyl groups is 2. The molecule has 2 atom stereocenters. The number of carbonyl (C=O) groups is 1. The molecular formula is C20H38O4. The molecule has 24 heavy (non-hydrogen) atoms. The predicted octanol–water partition coefficient (Wildman–Crippen LogP) is 4.53. The van der Waals surface area contributed by atoms with E-state index in [1.54, 1.807) is 0 Å². The molecule has 0 rings (SSSR count). The molecule has 0 heterocycles. The molecule has 0 saturated heterocycles. The van der Waals surface area contributed by atoms with Crippen molar-refractivity contribution in [1.82, 2.24) is 0 Å². The van der Waals surface area contributed by atoms with Gasteiger partial charge >= 0.3 is 5.97 Å². The highest BCUT2D eigenvalue weighted by molar-refractivity contribution is 5.65. The molecule has 0 bridgehead atoms. The molecule has 0 saturated carbocycles. The summed E-state index contributed by atoms with van der Waals surface area (Å²) in [5, 5.41) is 19.5. The number of rotatable bonds is 16. The fourth-order valence-electron chi connectivity index (χ4n) is 2.63. The molecule has 0 aliphatic heterocycles. The largest absolute Gasteiger partial charge is 0.463 e. The van der Waals surface area contributed by atoms with Crippen molar-refractivity contribution in [3.8, 4) is 0 Å². The number of ether oxygens (including phenoxy) is 1. The van der Waals surface area contributed by atoms with Crippen molar-refractivity contribution in [1.29, 1.82) is 0 Å². The summed E-state index contributed by atoms with van der Waals surface area (Å²) >= 11 is 0. The Hall–Kier alpha value is -0.870. The molecule has 4 nitrogen and oxygen atoms in total. The van der Waals surface area contributed by atoms with E-state index >= 15 is 0 Å². The van der Waals surface area contributed by atoms with Gasteiger partial charge in [0.2, 0.25) is 0 Å². The second-order valence-corrected chi connectivity index (χ2v) is 6.66. The molecule has 4 heteroatoms. The van der Waals surface area contributed by atoms with Gasteiger partial charge in [-0.25, -0.2) is 0 Å². The SMILES string of the molecule is CCCCCC=CCCCCCCCC(O)CC(O)COC(C)=O. The summed E-state index contributed by atoms with van der Waals surface area (Å²) in [4.78, 5) is 10.6. The van der Waals surface area contributed by atoms with Crippen molar-refractivity contribution in [2.75, 3.05) is 6.61 Å². The Bertz CT molecular complexity index is 315. The molecule has 0 aromatic rings. The second-order valence-electron chi connectivity index (χ2n) is 6.66. The summed E-state index contributed by atoms with van der Waals surface area (Å²) < 4.78 is 4.72. The second kappa shape index (κ2) is 17.0. The van der Waals surface area contributed by atoms with Crippen LogP contribution in [0.5, 0.6) is 0 Å². The molecule has 0 aliphatic carbocycles. The first-order valence-corrected chi connectivity index (χ1v) is 9.70. The van der Waals surface area contributed by atoms with Crippen LogP contribution in [0.15, 0.2) is 12.2 Å². The monoisotopic (exact) mass is 342 g/mol. The lowest BCUT2D eigenvalue weighted by molar-refractivity contribution is -0.144. The van der Waals surface area contributed by atoms with Crippen molar-refractivity contribution >= 4 is 5.97 Å². The number of hydrogen-bond donors (Lipinski definition) is 2. The van der Waals surface area contributed by atoms with Crippen LogP contribution in [0.25, 0.3) is 0 Å². The molecular weight excluding hydrogens is 304 g/mol. The van der Waals surface area contributed by atoms with Gasteiger partial charge in [0.15, 0.2) is 0 Å². The third-order valence-corrected chi connectivity index (χ3v) is 4.07. The van der Waals surface area contributed by atoms with Gasteiger partial charge in [0.1, 0.15) is 6.61 Å². The zero-order valence-corrected chi connectivity index (χ0v) is 15.7. The van der Waals surface area contributed by atoms with E-state index in [4.69, 9.17) is 4.74 Å². The van der Waals surface area contributed by atoms with Crippen LogP contribution in [0.1, 0.15) is 90.9 Å². The minimum Gasteiger partial charge on any atom is -0.463 e. The van der Waals surface area contributed by atoms with Crippen LogP contribution in [0.2, 0.25) is 0 Å². The summed E-state index contributed by atoms with van der Waals surface area (Å²) in [6.45, 7) is 3.51. The highest BCUT2D eigenvalue weighted by Gasteiger charge is 2.12. The van der Waals surface area contributed by atoms with Crippen LogP contribution in [0.4, 0.5) is 0 Å². The topological polar surface area (TPSA) is 66.8 Å². The Morgan fingerprint density at radius 1 is 0.917 bits per heavy atom. The summed E-state index contributed by atoms with van der Waals surface area (Å²) in [5.74, 6) is -0.403. The van der Waals surface area contributed by atoms with E-state index in [0.717, 1.165) is 12.8 Å². The van der Waals surface area contributed by atoms with Gasteiger partial charge in [-0.1, -0.05) is 57.6 Å². The van der Waals surface area contributed by atoms with E-state index in [1.165, 1.54) is 58.3 Å². The summed E-state index contributed by atoms with van der Waals surface area (Å²) in [6.07, 6.45) is 16.4. The van der Waals surface area contributed by atoms with Gasteiger partial charge in [0, 0.05) is 13.3 Å². The molecule has 0 aromatic carbocycles. The smallest absolute Gasteiger partial charge is 0.302 e. The highest BCUT2D eigenvalue weighted by Crippen LogP contribution is 2.12. The molecule has 0 aliphatic rings. The van der Waals surface area contributed by atoms with Gasteiger partial charge in [-0.15, -0.1) is 0 Å². The lowest BCUT2D eigenvalue weighted by atomic mass is 10.0. The minimum atomic E-state index is -0.770. The van der Waals surface area contributed by atoms with E-state index in [2.05, 4.69) is 19.1 Å². The molecule has 0 aromatic heterocycles. The van der Waals surface area contributed by atoms with Crippen LogP contribution >= 0.6 is 0 Å². The lowest BCUT2D eigenvalue weighted by Gasteiger charge is -2.15. The van der Waals surface area contributed by atoms with Gasteiger partial charge in [-0.2, -0.15) is 0 Å². The van der Waals surface area contributed by atoms with Gasteiger partial charge in [-0.05, 0) is 32.1 Å². The van der Waals surface area contributed by atoms with E-state index in [-0.39, 0.29) is 13.0 Å². The van der Waals surface area contributed by atoms with Crippen molar-refractivity contribution in [3.63, 3.8) is 0 Å². The van der Waals surface area contributed by atoms with E-state index in [9.17, 15) is 15.0 Å². The number of aliphatic hydroxyl groups excluding tert-OH is 2. The molecule has 142 valence electrons. The Morgan fingerprint density at radius 2 is 1.50 bits per heavy atom. The highest BCUT2D eigenvalue weighted by atomic mass is 16.5. The predicted molar refractivity (Wildman–Crippen MR) is 98.9 cm³/mol. The standard InChI is InChI=1S/C20H38O4/c1-3-4-5-6-7-8-9-10-11-12-13-14-15-19(22)16-20(23)17-24-18(2)21/h7-8,19-20,22-23H,3-6,9-17H2,1-2H3. The number of allylic oxidation sites excluding steroid dienone is 2. The normalized spacial score (nSPS) is 14.0. The maximum atomic E-state index is 10.6. The number of carbonyl (C=O) groups excluding carboxylic acids is 1. The fourth-order valence-corrected chi connectivity index (χ4v) is 2.63. The zero-order valence-electron chi connectivity index (χ0n) is 15.7. The molecule has 0 amide bonds. The van der Waals surface area contributed by atoms with Gasteiger partial charge in [-0.3, -0.25) is 4.79 Å². The third kappa shape index (κ3) is 17.5. The van der Waals surface area contributed by atoms with Crippen molar-refractivity contribution in [2.45, 2.75) is 103 Å². The van der Waals surface area contributed by atoms with Crippen LogP contribution in [-0.2, 0) is 9.53 Å². The lowest BCUT2D eigenvalue weighted by Crippen LogP contribution is -2.23. The maximum Gasteiger partial charge on any atom is 0.302 e. The first-order chi connectivity index (χ1) is 11.6. The third-order valence-electron chi connectivity index (χ3n) is 4.07. The Balaban J connectivity index is 3.35. The van der Waals surface area contributed by atoms with Gasteiger partial charge < -0.3 is 14.9 Å². The number of hydrogen-bond acceptors (Lipinski definition) is 4. The Morgan fingerprint density at radius 3 is 2.12 bits per heavy atom. The Labute approximate surface area is 148 Å². The average molecular weight is 343 g/mol. The molecule has 0 radical (unpaired) electrons. The average Bonchev–Trinajstić information content (AvgIpc) is 2.54. The Kier molecular flexibility index (Phi) is 16.4. The van der Waals surface area contributed by atoms with Crippen molar-refractivity contribution in [3.05, 3.63) is 12.2 Å². The number of esters is 1. The zero-order chi connectivity index (χ0) is 18.0. The van der Waals surface area contributed by atoms with E-state index in [0.29, 0.717) is 6.42 Å². The molecule has 0 spiro atoms.